The minimum absolute atomic E-state index is 0.0826. The molecule has 0 aliphatic rings. The predicted molar refractivity (Wildman–Crippen MR) is 63.5 cm³/mol. The third-order valence-corrected chi connectivity index (χ3v) is 2.31. The van der Waals surface area contributed by atoms with Gasteiger partial charge < -0.3 is 19.5 Å². The van der Waals surface area contributed by atoms with Crippen molar-refractivity contribution < 1.29 is 9.15 Å². The van der Waals surface area contributed by atoms with Gasteiger partial charge in [-0.3, -0.25) is 4.79 Å². The topological polar surface area (TPSA) is 70.4 Å². The number of hydrogen-bond donors (Lipinski definition) is 1. The fourth-order valence-corrected chi connectivity index (χ4v) is 1.45. The molecule has 2 N–H and O–H groups in total. The van der Waals surface area contributed by atoms with Gasteiger partial charge in [0.1, 0.15) is 12.4 Å². The van der Waals surface area contributed by atoms with E-state index in [0.29, 0.717) is 25.4 Å². The van der Waals surface area contributed by atoms with E-state index in [9.17, 15) is 4.79 Å². The Balaban J connectivity index is 1.82. The lowest BCUT2D eigenvalue weighted by Gasteiger charge is -2.06. The van der Waals surface area contributed by atoms with Crippen LogP contribution in [0.15, 0.2) is 45.9 Å². The molecule has 5 nitrogen and oxygen atoms in total. The van der Waals surface area contributed by atoms with E-state index in [1.165, 1.54) is 10.6 Å². The number of aromatic nitrogens is 1. The monoisotopic (exact) mass is 234 g/mol. The summed E-state index contributed by atoms with van der Waals surface area (Å²) in [7, 11) is 0. The zero-order valence-corrected chi connectivity index (χ0v) is 9.33. The fourth-order valence-electron chi connectivity index (χ4n) is 1.45. The largest absolute Gasteiger partial charge is 0.467 e. The van der Waals surface area contributed by atoms with Crippen molar-refractivity contribution >= 4 is 5.69 Å². The molecule has 2 heterocycles. The molecule has 2 aromatic heterocycles. The highest BCUT2D eigenvalue weighted by molar-refractivity contribution is 5.33. The van der Waals surface area contributed by atoms with E-state index in [2.05, 4.69) is 0 Å². The van der Waals surface area contributed by atoms with Crippen molar-refractivity contribution in [2.75, 3.05) is 12.3 Å². The van der Waals surface area contributed by atoms with Crippen LogP contribution >= 0.6 is 0 Å². The van der Waals surface area contributed by atoms with E-state index in [1.54, 1.807) is 24.6 Å². The van der Waals surface area contributed by atoms with Crippen LogP contribution in [0, 0.1) is 0 Å². The minimum atomic E-state index is -0.0826. The second-order valence-corrected chi connectivity index (χ2v) is 3.63. The molecule has 0 aliphatic carbocycles. The fraction of sp³-hybridized carbons (Fsp3) is 0.250. The summed E-state index contributed by atoms with van der Waals surface area (Å²) < 4.78 is 12.0. The van der Waals surface area contributed by atoms with E-state index in [0.717, 1.165) is 5.76 Å². The van der Waals surface area contributed by atoms with Gasteiger partial charge in [0.05, 0.1) is 12.9 Å². The Hall–Kier alpha value is -2.01. The first-order valence-electron chi connectivity index (χ1n) is 5.32. The third-order valence-electron chi connectivity index (χ3n) is 2.31. The Morgan fingerprint density at radius 1 is 1.35 bits per heavy atom. The zero-order chi connectivity index (χ0) is 12.1. The van der Waals surface area contributed by atoms with Crippen molar-refractivity contribution in [3.8, 4) is 0 Å². The first-order chi connectivity index (χ1) is 8.25. The highest BCUT2D eigenvalue weighted by Gasteiger charge is 1.98. The minimum Gasteiger partial charge on any atom is -0.467 e. The first-order valence-corrected chi connectivity index (χ1v) is 5.32. The lowest BCUT2D eigenvalue weighted by molar-refractivity contribution is 0.0986. The smallest absolute Gasteiger partial charge is 0.250 e. The SMILES string of the molecule is Nc1ccc(=O)n(CCOCc2ccco2)c1. The van der Waals surface area contributed by atoms with E-state index in [-0.39, 0.29) is 5.56 Å². The highest BCUT2D eigenvalue weighted by atomic mass is 16.5. The van der Waals surface area contributed by atoms with Crippen molar-refractivity contribution in [1.82, 2.24) is 4.57 Å². The van der Waals surface area contributed by atoms with Gasteiger partial charge in [0.15, 0.2) is 0 Å². The lowest BCUT2D eigenvalue weighted by atomic mass is 10.4. The van der Waals surface area contributed by atoms with Crippen molar-refractivity contribution in [2.24, 2.45) is 0 Å². The van der Waals surface area contributed by atoms with E-state index < -0.39 is 0 Å². The predicted octanol–water partition coefficient (Wildman–Crippen LogP) is 1.24. The standard InChI is InChI=1S/C12H14N2O3/c13-10-3-4-12(15)14(8-10)5-7-16-9-11-2-1-6-17-11/h1-4,6,8H,5,7,9,13H2. The molecule has 90 valence electrons. The number of rotatable bonds is 5. The normalized spacial score (nSPS) is 10.6. The average Bonchev–Trinajstić information content (AvgIpc) is 2.82. The molecule has 0 spiro atoms. The molecule has 0 unspecified atom stereocenters. The molecule has 0 atom stereocenters. The summed E-state index contributed by atoms with van der Waals surface area (Å²) >= 11 is 0. The second kappa shape index (κ2) is 5.36. The van der Waals surface area contributed by atoms with Gasteiger partial charge in [-0.25, -0.2) is 0 Å². The van der Waals surface area contributed by atoms with Crippen LogP contribution in [-0.4, -0.2) is 11.2 Å². The molecule has 0 aromatic carbocycles. The molecule has 2 rings (SSSR count). The number of hydrogen-bond acceptors (Lipinski definition) is 4. The van der Waals surface area contributed by atoms with Gasteiger partial charge in [0.2, 0.25) is 0 Å². The maximum Gasteiger partial charge on any atom is 0.250 e. The van der Waals surface area contributed by atoms with Gasteiger partial charge in [-0.15, -0.1) is 0 Å². The number of pyridine rings is 1. The summed E-state index contributed by atoms with van der Waals surface area (Å²) in [5.41, 5.74) is 6.08. The molecular weight excluding hydrogens is 220 g/mol. The van der Waals surface area contributed by atoms with E-state index in [4.69, 9.17) is 14.9 Å². The Morgan fingerprint density at radius 3 is 3.00 bits per heavy atom. The van der Waals surface area contributed by atoms with Gasteiger partial charge in [0.25, 0.3) is 5.56 Å². The Morgan fingerprint density at radius 2 is 2.24 bits per heavy atom. The average molecular weight is 234 g/mol. The first kappa shape index (κ1) is 11.5. The quantitative estimate of drug-likeness (QED) is 0.790. The van der Waals surface area contributed by atoms with Gasteiger partial charge >= 0.3 is 0 Å². The van der Waals surface area contributed by atoms with Crippen LogP contribution in [0.5, 0.6) is 0 Å². The van der Waals surface area contributed by atoms with Crippen molar-refractivity contribution in [3.05, 3.63) is 52.8 Å². The number of nitrogen functional groups attached to an aromatic ring is 1. The number of nitrogens with two attached hydrogens (primary N) is 1. The molecule has 0 saturated heterocycles. The maximum absolute atomic E-state index is 11.4. The Bertz CT molecular complexity index is 517. The van der Waals surface area contributed by atoms with Crippen LogP contribution in [0.3, 0.4) is 0 Å². The molecule has 2 aromatic rings. The van der Waals surface area contributed by atoms with Gasteiger partial charge in [-0.1, -0.05) is 0 Å². The van der Waals surface area contributed by atoms with Crippen molar-refractivity contribution in [3.63, 3.8) is 0 Å². The summed E-state index contributed by atoms with van der Waals surface area (Å²) in [6, 6.07) is 6.68. The van der Waals surface area contributed by atoms with Crippen LogP contribution in [0.4, 0.5) is 5.69 Å². The summed E-state index contributed by atoms with van der Waals surface area (Å²) in [6.07, 6.45) is 3.21. The van der Waals surface area contributed by atoms with Crippen LogP contribution in [0.25, 0.3) is 0 Å². The number of nitrogens with zero attached hydrogens (tertiary/aromatic N) is 1. The van der Waals surface area contributed by atoms with Crippen LogP contribution in [0.1, 0.15) is 5.76 Å². The zero-order valence-electron chi connectivity index (χ0n) is 9.33. The lowest BCUT2D eigenvalue weighted by Crippen LogP contribution is -2.21. The Labute approximate surface area is 98.4 Å². The summed E-state index contributed by atoms with van der Waals surface area (Å²) in [5, 5.41) is 0. The van der Waals surface area contributed by atoms with Crippen LogP contribution in [-0.2, 0) is 17.9 Å². The van der Waals surface area contributed by atoms with Crippen LogP contribution in [0.2, 0.25) is 0 Å². The van der Waals surface area contributed by atoms with E-state index in [1.807, 2.05) is 6.07 Å². The third kappa shape index (κ3) is 3.22. The molecule has 0 saturated carbocycles. The number of furan rings is 1. The molecular formula is C12H14N2O3. The molecule has 0 radical (unpaired) electrons. The Kier molecular flexibility index (Phi) is 3.62. The van der Waals surface area contributed by atoms with Gasteiger partial charge in [-0.2, -0.15) is 0 Å². The van der Waals surface area contributed by atoms with E-state index >= 15 is 0 Å². The summed E-state index contributed by atoms with van der Waals surface area (Å²) in [4.78, 5) is 11.4. The highest BCUT2D eigenvalue weighted by Crippen LogP contribution is 2.02. The molecule has 0 fully saturated rings. The molecule has 0 amide bonds. The second-order valence-electron chi connectivity index (χ2n) is 3.63. The number of ether oxygens (including phenoxy) is 1. The summed E-state index contributed by atoms with van der Waals surface area (Å²) in [6.45, 7) is 1.32. The molecule has 17 heavy (non-hydrogen) atoms. The van der Waals surface area contributed by atoms with Crippen molar-refractivity contribution in [1.29, 1.82) is 0 Å². The van der Waals surface area contributed by atoms with Gasteiger partial charge in [-0.05, 0) is 18.2 Å². The molecule has 5 heteroatoms. The van der Waals surface area contributed by atoms with Crippen molar-refractivity contribution in [2.45, 2.75) is 13.2 Å². The molecule has 0 aliphatic heterocycles. The number of anilines is 1. The summed E-state index contributed by atoms with van der Waals surface area (Å²) in [5.74, 6) is 0.768. The van der Waals surface area contributed by atoms with Crippen LogP contribution < -0.4 is 11.3 Å². The molecule has 0 bridgehead atoms. The van der Waals surface area contributed by atoms with Gasteiger partial charge in [0, 0.05) is 24.5 Å². The maximum atomic E-state index is 11.4.